The number of hydrogen-bond donors (Lipinski definition) is 2. The van der Waals surface area contributed by atoms with Crippen molar-refractivity contribution < 1.29 is 13.9 Å². The average Bonchev–Trinajstić information content (AvgIpc) is 2.83. The Balaban J connectivity index is 1.64. The summed E-state index contributed by atoms with van der Waals surface area (Å²) in [5.41, 5.74) is 0.754. The molecule has 5 nitrogen and oxygen atoms in total. The number of nitrogens with zero attached hydrogens (tertiary/aromatic N) is 1. The molecule has 1 aromatic rings. The molecule has 0 bridgehead atoms. The zero-order chi connectivity index (χ0) is 18.6. The van der Waals surface area contributed by atoms with Crippen LogP contribution in [0.4, 0.5) is 9.18 Å². The highest BCUT2D eigenvalue weighted by atomic mass is 19.1. The van der Waals surface area contributed by atoms with Gasteiger partial charge < -0.3 is 20.3 Å². The fraction of sp³-hybridized carbons (Fsp3) is 0.650. The van der Waals surface area contributed by atoms with Crippen molar-refractivity contribution in [1.82, 2.24) is 15.5 Å². The molecule has 2 amide bonds. The lowest BCUT2D eigenvalue weighted by Crippen LogP contribution is -2.55. The van der Waals surface area contributed by atoms with Gasteiger partial charge in [-0.05, 0) is 58.0 Å². The maximum absolute atomic E-state index is 13.7. The molecule has 2 aliphatic rings. The summed E-state index contributed by atoms with van der Waals surface area (Å²) in [5.74, 6) is 0.349. The standard InChI is InChI=1S/C20H30FN3O2/c1-24(2)20(10-4-3-5-11-20)14-22-19(25)23-17-7-6-12-26-18-9-8-15(21)13-16(17)18/h8-9,13,17H,3-7,10-12,14H2,1-2H3,(H2,22,23,25). The summed E-state index contributed by atoms with van der Waals surface area (Å²) in [6.07, 6.45) is 7.44. The molecular formula is C20H30FN3O2. The van der Waals surface area contributed by atoms with Crippen LogP contribution in [0, 0.1) is 5.82 Å². The average molecular weight is 363 g/mol. The van der Waals surface area contributed by atoms with E-state index in [0.29, 0.717) is 18.9 Å². The van der Waals surface area contributed by atoms with Crippen LogP contribution >= 0.6 is 0 Å². The van der Waals surface area contributed by atoms with Crippen molar-refractivity contribution in [2.45, 2.75) is 56.5 Å². The Kier molecular flexibility index (Phi) is 6.01. The lowest BCUT2D eigenvalue weighted by Gasteiger charge is -2.43. The van der Waals surface area contributed by atoms with Gasteiger partial charge in [-0.2, -0.15) is 0 Å². The number of carbonyl (C=O) groups excluding carboxylic acids is 1. The molecule has 1 heterocycles. The van der Waals surface area contributed by atoms with E-state index < -0.39 is 0 Å². The largest absolute Gasteiger partial charge is 0.493 e. The van der Waals surface area contributed by atoms with Crippen LogP contribution in [-0.2, 0) is 0 Å². The van der Waals surface area contributed by atoms with Crippen LogP contribution in [-0.4, -0.2) is 43.7 Å². The first-order valence-electron chi connectivity index (χ1n) is 9.64. The van der Waals surface area contributed by atoms with Crippen LogP contribution in [0.3, 0.4) is 0 Å². The fourth-order valence-electron chi connectivity index (χ4n) is 4.14. The summed E-state index contributed by atoms with van der Waals surface area (Å²) in [5, 5.41) is 6.08. The van der Waals surface area contributed by atoms with Crippen LogP contribution in [0.5, 0.6) is 5.75 Å². The summed E-state index contributed by atoms with van der Waals surface area (Å²) >= 11 is 0. The Bertz CT molecular complexity index is 629. The minimum atomic E-state index is -0.310. The quantitative estimate of drug-likeness (QED) is 0.859. The van der Waals surface area contributed by atoms with Crippen molar-refractivity contribution in [1.29, 1.82) is 0 Å². The van der Waals surface area contributed by atoms with Crippen molar-refractivity contribution in [2.24, 2.45) is 0 Å². The lowest BCUT2D eigenvalue weighted by atomic mass is 9.80. The second-order valence-corrected chi connectivity index (χ2v) is 7.73. The highest BCUT2D eigenvalue weighted by molar-refractivity contribution is 5.74. The van der Waals surface area contributed by atoms with E-state index in [1.807, 2.05) is 0 Å². The van der Waals surface area contributed by atoms with E-state index in [-0.39, 0.29) is 23.4 Å². The molecule has 1 aromatic carbocycles. The molecule has 1 aliphatic carbocycles. The molecule has 1 saturated carbocycles. The van der Waals surface area contributed by atoms with Gasteiger partial charge in [-0.25, -0.2) is 9.18 Å². The molecule has 0 radical (unpaired) electrons. The maximum Gasteiger partial charge on any atom is 0.315 e. The second kappa shape index (κ2) is 8.25. The van der Waals surface area contributed by atoms with Gasteiger partial charge in [-0.1, -0.05) is 19.3 Å². The van der Waals surface area contributed by atoms with Gasteiger partial charge in [-0.3, -0.25) is 0 Å². The Morgan fingerprint density at radius 1 is 1.27 bits per heavy atom. The molecule has 1 aliphatic heterocycles. The number of benzene rings is 1. The zero-order valence-corrected chi connectivity index (χ0v) is 15.8. The maximum atomic E-state index is 13.7. The van der Waals surface area contributed by atoms with Gasteiger partial charge in [0, 0.05) is 17.6 Å². The number of fused-ring (bicyclic) bond motifs is 1. The number of carbonyl (C=O) groups is 1. The third-order valence-electron chi connectivity index (χ3n) is 5.86. The number of hydrogen-bond acceptors (Lipinski definition) is 3. The van der Waals surface area contributed by atoms with Crippen LogP contribution in [0.15, 0.2) is 18.2 Å². The van der Waals surface area contributed by atoms with Crippen molar-refractivity contribution in [3.05, 3.63) is 29.6 Å². The van der Waals surface area contributed by atoms with Crippen LogP contribution < -0.4 is 15.4 Å². The predicted molar refractivity (Wildman–Crippen MR) is 99.9 cm³/mol. The van der Waals surface area contributed by atoms with Crippen LogP contribution in [0.1, 0.15) is 56.6 Å². The summed E-state index contributed by atoms with van der Waals surface area (Å²) in [6, 6.07) is 4.08. The van der Waals surface area contributed by atoms with Gasteiger partial charge in [0.1, 0.15) is 11.6 Å². The SMILES string of the molecule is CN(C)C1(CNC(=O)NC2CCCOc3ccc(F)cc32)CCCCC1. The van der Waals surface area contributed by atoms with E-state index in [9.17, 15) is 9.18 Å². The topological polar surface area (TPSA) is 53.6 Å². The smallest absolute Gasteiger partial charge is 0.315 e. The van der Waals surface area contributed by atoms with E-state index in [4.69, 9.17) is 4.74 Å². The zero-order valence-electron chi connectivity index (χ0n) is 15.8. The van der Waals surface area contributed by atoms with Crippen molar-refractivity contribution in [3.63, 3.8) is 0 Å². The first-order chi connectivity index (χ1) is 12.5. The molecule has 0 saturated heterocycles. The summed E-state index contributed by atoms with van der Waals surface area (Å²) in [4.78, 5) is 14.8. The number of amides is 2. The fourth-order valence-corrected chi connectivity index (χ4v) is 4.14. The number of ether oxygens (including phenoxy) is 1. The molecule has 1 fully saturated rings. The molecule has 0 aromatic heterocycles. The highest BCUT2D eigenvalue weighted by Crippen LogP contribution is 2.33. The first-order valence-corrected chi connectivity index (χ1v) is 9.64. The number of urea groups is 1. The normalized spacial score (nSPS) is 22.1. The lowest BCUT2D eigenvalue weighted by molar-refractivity contribution is 0.100. The Morgan fingerprint density at radius 2 is 2.04 bits per heavy atom. The van der Waals surface area contributed by atoms with E-state index in [1.165, 1.54) is 31.4 Å². The van der Waals surface area contributed by atoms with Crippen molar-refractivity contribution in [3.8, 4) is 5.75 Å². The summed E-state index contributed by atoms with van der Waals surface area (Å²) in [6.45, 7) is 1.22. The van der Waals surface area contributed by atoms with Gasteiger partial charge >= 0.3 is 6.03 Å². The first kappa shape index (κ1) is 19.0. The number of halogens is 1. The van der Waals surface area contributed by atoms with Gasteiger partial charge in [-0.15, -0.1) is 0 Å². The van der Waals surface area contributed by atoms with Gasteiger partial charge in [0.25, 0.3) is 0 Å². The van der Waals surface area contributed by atoms with E-state index >= 15 is 0 Å². The molecule has 1 atom stereocenters. The van der Waals surface area contributed by atoms with Crippen molar-refractivity contribution in [2.75, 3.05) is 27.2 Å². The molecule has 144 valence electrons. The number of nitrogens with one attached hydrogen (secondary N) is 2. The summed E-state index contributed by atoms with van der Waals surface area (Å²) in [7, 11) is 4.18. The second-order valence-electron chi connectivity index (χ2n) is 7.73. The minimum Gasteiger partial charge on any atom is -0.493 e. The molecule has 3 rings (SSSR count). The van der Waals surface area contributed by atoms with E-state index in [1.54, 1.807) is 6.07 Å². The number of likely N-dealkylation sites (N-methyl/N-ethyl adjacent to an activating group) is 1. The molecular weight excluding hydrogens is 333 g/mol. The van der Waals surface area contributed by atoms with Crippen LogP contribution in [0.2, 0.25) is 0 Å². The number of rotatable bonds is 4. The minimum absolute atomic E-state index is 0.0339. The van der Waals surface area contributed by atoms with Crippen LogP contribution in [0.25, 0.3) is 0 Å². The van der Waals surface area contributed by atoms with Crippen molar-refractivity contribution >= 4 is 6.03 Å². The third-order valence-corrected chi connectivity index (χ3v) is 5.86. The molecule has 26 heavy (non-hydrogen) atoms. The van der Waals surface area contributed by atoms with E-state index in [0.717, 1.165) is 31.2 Å². The Labute approximate surface area is 155 Å². The van der Waals surface area contributed by atoms with Gasteiger partial charge in [0.15, 0.2) is 0 Å². The summed E-state index contributed by atoms with van der Waals surface area (Å²) < 4.78 is 19.4. The molecule has 2 N–H and O–H groups in total. The molecule has 1 unspecified atom stereocenters. The Hall–Kier alpha value is -1.82. The van der Waals surface area contributed by atoms with Gasteiger partial charge in [0.2, 0.25) is 0 Å². The van der Waals surface area contributed by atoms with Gasteiger partial charge in [0.05, 0.1) is 12.6 Å². The van der Waals surface area contributed by atoms with E-state index in [2.05, 4.69) is 29.6 Å². The Morgan fingerprint density at radius 3 is 2.77 bits per heavy atom. The third kappa shape index (κ3) is 4.29. The highest BCUT2D eigenvalue weighted by Gasteiger charge is 2.34. The molecule has 0 spiro atoms. The molecule has 6 heteroatoms. The predicted octanol–water partition coefficient (Wildman–Crippen LogP) is 3.60. The monoisotopic (exact) mass is 363 g/mol.